The van der Waals surface area contributed by atoms with E-state index >= 15 is 0 Å². The summed E-state index contributed by atoms with van der Waals surface area (Å²) >= 11 is 0. The summed E-state index contributed by atoms with van der Waals surface area (Å²) in [5.74, 6) is -0.808. The normalized spacial score (nSPS) is 15.3. The Bertz CT molecular complexity index is 917. The van der Waals surface area contributed by atoms with Gasteiger partial charge in [-0.3, -0.25) is 9.59 Å². The maximum Gasteiger partial charge on any atom is 0.417 e. The molecule has 3 rings (SSSR count). The number of likely N-dealkylation sites (tertiary alicyclic amines) is 1. The summed E-state index contributed by atoms with van der Waals surface area (Å²) in [7, 11) is 0. The van der Waals surface area contributed by atoms with Gasteiger partial charge in [-0.05, 0) is 62.1 Å². The Kier molecular flexibility index (Phi) is 5.96. The largest absolute Gasteiger partial charge is 0.417 e. The maximum absolute atomic E-state index is 13.2. The molecule has 0 atom stereocenters. The lowest BCUT2D eigenvalue weighted by molar-refractivity contribution is -0.138. The molecule has 0 bridgehead atoms. The van der Waals surface area contributed by atoms with E-state index in [1.165, 1.54) is 23.1 Å². The van der Waals surface area contributed by atoms with Gasteiger partial charge in [0.2, 0.25) is 0 Å². The molecule has 1 fully saturated rings. The van der Waals surface area contributed by atoms with Crippen LogP contribution in [0.2, 0.25) is 0 Å². The van der Waals surface area contributed by atoms with Crippen LogP contribution in [-0.2, 0) is 6.18 Å². The molecule has 0 aliphatic carbocycles. The van der Waals surface area contributed by atoms with Crippen molar-refractivity contribution in [1.29, 1.82) is 0 Å². The first-order valence-electron chi connectivity index (χ1n) is 9.50. The molecule has 7 heteroatoms. The third-order valence-corrected chi connectivity index (χ3v) is 5.35. The number of alkyl halides is 3. The highest BCUT2D eigenvalue weighted by Crippen LogP contribution is 2.32. The van der Waals surface area contributed by atoms with Gasteiger partial charge in [0.15, 0.2) is 0 Å². The minimum Gasteiger partial charge on any atom is -0.349 e. The number of piperidine rings is 1. The van der Waals surface area contributed by atoms with E-state index in [0.717, 1.165) is 17.2 Å². The monoisotopic (exact) mass is 404 g/mol. The Morgan fingerprint density at radius 3 is 2.28 bits per heavy atom. The van der Waals surface area contributed by atoms with Crippen LogP contribution in [0.15, 0.2) is 42.5 Å². The SMILES string of the molecule is Cc1ccc(C(=O)NC2CCN(C(=O)c3ccccc3C(F)(F)F)CC2)cc1C. The fourth-order valence-electron chi connectivity index (χ4n) is 3.47. The first kappa shape index (κ1) is 20.9. The summed E-state index contributed by atoms with van der Waals surface area (Å²) in [6.07, 6.45) is -3.59. The molecular formula is C22H23F3N2O2. The fourth-order valence-corrected chi connectivity index (χ4v) is 3.47. The molecule has 1 aliphatic rings. The van der Waals surface area contributed by atoms with Crippen LogP contribution in [0, 0.1) is 13.8 Å². The van der Waals surface area contributed by atoms with Crippen molar-refractivity contribution in [1.82, 2.24) is 10.2 Å². The Balaban J connectivity index is 1.61. The van der Waals surface area contributed by atoms with Gasteiger partial charge >= 0.3 is 6.18 Å². The summed E-state index contributed by atoms with van der Waals surface area (Å²) in [6, 6.07) is 10.2. The number of hydrogen-bond acceptors (Lipinski definition) is 2. The lowest BCUT2D eigenvalue weighted by Gasteiger charge is -2.33. The number of halogens is 3. The number of carbonyl (C=O) groups is 2. The summed E-state index contributed by atoms with van der Waals surface area (Å²) < 4.78 is 39.5. The first-order valence-corrected chi connectivity index (χ1v) is 9.50. The molecule has 2 aromatic carbocycles. The summed E-state index contributed by atoms with van der Waals surface area (Å²) in [4.78, 5) is 26.5. The highest BCUT2D eigenvalue weighted by Gasteiger charge is 2.36. The second-order valence-corrected chi connectivity index (χ2v) is 7.38. The van der Waals surface area contributed by atoms with Crippen LogP contribution in [0.5, 0.6) is 0 Å². The van der Waals surface area contributed by atoms with Crippen molar-refractivity contribution in [3.05, 3.63) is 70.3 Å². The zero-order chi connectivity index (χ0) is 21.2. The van der Waals surface area contributed by atoms with Crippen molar-refractivity contribution in [2.75, 3.05) is 13.1 Å². The predicted octanol–water partition coefficient (Wildman–Crippen LogP) is 4.36. The second kappa shape index (κ2) is 8.27. The maximum atomic E-state index is 13.2. The van der Waals surface area contributed by atoms with Crippen molar-refractivity contribution in [2.24, 2.45) is 0 Å². The van der Waals surface area contributed by atoms with Crippen LogP contribution < -0.4 is 5.32 Å². The Morgan fingerprint density at radius 2 is 1.66 bits per heavy atom. The smallest absolute Gasteiger partial charge is 0.349 e. The standard InChI is InChI=1S/C22H23F3N2O2/c1-14-7-8-16(13-15(14)2)20(28)26-17-9-11-27(12-10-17)21(29)18-5-3-4-6-19(18)22(23,24)25/h3-8,13,17H,9-12H2,1-2H3,(H,26,28). The van der Waals surface area contributed by atoms with Crippen molar-refractivity contribution in [2.45, 2.75) is 38.9 Å². The van der Waals surface area contributed by atoms with E-state index in [-0.39, 0.29) is 17.5 Å². The fraction of sp³-hybridized carbons (Fsp3) is 0.364. The van der Waals surface area contributed by atoms with Crippen LogP contribution in [0.25, 0.3) is 0 Å². The Morgan fingerprint density at radius 1 is 1.00 bits per heavy atom. The van der Waals surface area contributed by atoms with Gasteiger partial charge < -0.3 is 10.2 Å². The molecule has 4 nitrogen and oxygen atoms in total. The van der Waals surface area contributed by atoms with Crippen LogP contribution in [0.3, 0.4) is 0 Å². The van der Waals surface area contributed by atoms with Crippen LogP contribution in [-0.4, -0.2) is 35.8 Å². The lowest BCUT2D eigenvalue weighted by Crippen LogP contribution is -2.46. The number of amides is 2. The topological polar surface area (TPSA) is 49.4 Å². The van der Waals surface area contributed by atoms with Crippen LogP contribution in [0.4, 0.5) is 13.2 Å². The van der Waals surface area contributed by atoms with Gasteiger partial charge in [-0.2, -0.15) is 13.2 Å². The number of carbonyl (C=O) groups excluding carboxylic acids is 2. The van der Waals surface area contributed by atoms with E-state index in [0.29, 0.717) is 31.5 Å². The van der Waals surface area contributed by atoms with Crippen molar-refractivity contribution >= 4 is 11.8 Å². The molecule has 0 spiro atoms. The van der Waals surface area contributed by atoms with Crippen molar-refractivity contribution in [3.8, 4) is 0 Å². The molecule has 2 aromatic rings. The van der Waals surface area contributed by atoms with Gasteiger partial charge in [0, 0.05) is 24.7 Å². The second-order valence-electron chi connectivity index (χ2n) is 7.38. The van der Waals surface area contributed by atoms with Crippen molar-refractivity contribution in [3.63, 3.8) is 0 Å². The molecule has 0 saturated carbocycles. The number of hydrogen-bond donors (Lipinski definition) is 1. The number of benzene rings is 2. The predicted molar refractivity (Wildman–Crippen MR) is 104 cm³/mol. The highest BCUT2D eigenvalue weighted by atomic mass is 19.4. The molecule has 0 aromatic heterocycles. The third-order valence-electron chi connectivity index (χ3n) is 5.35. The number of aryl methyl sites for hydroxylation is 2. The molecule has 0 radical (unpaired) electrons. The molecule has 1 saturated heterocycles. The van der Waals surface area contributed by atoms with Crippen LogP contribution >= 0.6 is 0 Å². The average Bonchev–Trinajstić information content (AvgIpc) is 2.69. The lowest BCUT2D eigenvalue weighted by atomic mass is 10.0. The Labute approximate surface area is 167 Å². The zero-order valence-corrected chi connectivity index (χ0v) is 16.3. The molecule has 2 amide bonds. The quantitative estimate of drug-likeness (QED) is 0.827. The number of nitrogens with one attached hydrogen (secondary N) is 1. The van der Waals surface area contributed by atoms with Gasteiger partial charge in [0.1, 0.15) is 0 Å². The van der Waals surface area contributed by atoms with E-state index in [9.17, 15) is 22.8 Å². The highest BCUT2D eigenvalue weighted by molar-refractivity contribution is 5.96. The van der Waals surface area contributed by atoms with Crippen LogP contribution in [0.1, 0.15) is 50.2 Å². The molecule has 29 heavy (non-hydrogen) atoms. The van der Waals surface area contributed by atoms with Gasteiger partial charge in [-0.1, -0.05) is 18.2 Å². The molecular weight excluding hydrogens is 381 g/mol. The summed E-state index contributed by atoms with van der Waals surface area (Å²) in [5.41, 5.74) is 1.45. The van der Waals surface area contributed by atoms with E-state index in [1.807, 2.05) is 26.0 Å². The molecule has 154 valence electrons. The minimum absolute atomic E-state index is 0.119. The summed E-state index contributed by atoms with van der Waals surface area (Å²) in [6.45, 7) is 4.50. The van der Waals surface area contributed by atoms with Gasteiger partial charge in [-0.15, -0.1) is 0 Å². The molecule has 1 aliphatic heterocycles. The average molecular weight is 404 g/mol. The van der Waals surface area contributed by atoms with E-state index < -0.39 is 17.6 Å². The van der Waals surface area contributed by atoms with Gasteiger partial charge in [0.05, 0.1) is 11.1 Å². The molecule has 1 heterocycles. The Hall–Kier alpha value is -2.83. The van der Waals surface area contributed by atoms with E-state index in [2.05, 4.69) is 5.32 Å². The molecule has 0 unspecified atom stereocenters. The number of rotatable bonds is 3. The minimum atomic E-state index is -4.58. The van der Waals surface area contributed by atoms with Gasteiger partial charge in [0.25, 0.3) is 11.8 Å². The van der Waals surface area contributed by atoms with Gasteiger partial charge in [-0.25, -0.2) is 0 Å². The zero-order valence-electron chi connectivity index (χ0n) is 16.3. The third kappa shape index (κ3) is 4.78. The number of nitrogens with zero attached hydrogens (tertiary/aromatic N) is 1. The van der Waals surface area contributed by atoms with E-state index in [4.69, 9.17) is 0 Å². The summed E-state index contributed by atoms with van der Waals surface area (Å²) in [5, 5.41) is 2.96. The first-order chi connectivity index (χ1) is 13.7. The van der Waals surface area contributed by atoms with Crippen molar-refractivity contribution < 1.29 is 22.8 Å². The molecule has 1 N–H and O–H groups in total. The van der Waals surface area contributed by atoms with E-state index in [1.54, 1.807) is 6.07 Å².